The summed E-state index contributed by atoms with van der Waals surface area (Å²) in [5.41, 5.74) is 1.50. The van der Waals surface area contributed by atoms with E-state index in [1.807, 2.05) is 63.2 Å². The molecule has 3 aromatic rings. The van der Waals surface area contributed by atoms with Crippen molar-refractivity contribution in [1.29, 1.82) is 0 Å². The summed E-state index contributed by atoms with van der Waals surface area (Å²) in [6.45, 7) is 5.93. The maximum atomic E-state index is 13.1. The van der Waals surface area contributed by atoms with Gasteiger partial charge in [-0.25, -0.2) is 4.79 Å². The largest absolute Gasteiger partial charge is 0.444 e. The second-order valence-corrected chi connectivity index (χ2v) is 9.43. The fraction of sp³-hybridized carbons (Fsp3) is 0.333. The fourth-order valence-electron chi connectivity index (χ4n) is 4.18. The molecular weight excluding hydrogens is 400 g/mol. The van der Waals surface area contributed by atoms with E-state index in [1.165, 1.54) is 5.39 Å². The highest BCUT2D eigenvalue weighted by molar-refractivity contribution is 5.88. The van der Waals surface area contributed by atoms with Gasteiger partial charge in [0, 0.05) is 13.0 Å². The van der Waals surface area contributed by atoms with Crippen molar-refractivity contribution >= 4 is 22.8 Å². The van der Waals surface area contributed by atoms with Gasteiger partial charge in [-0.1, -0.05) is 72.8 Å². The van der Waals surface area contributed by atoms with Crippen molar-refractivity contribution < 1.29 is 14.3 Å². The molecule has 1 aliphatic rings. The van der Waals surface area contributed by atoms with Crippen molar-refractivity contribution in [2.45, 2.75) is 51.3 Å². The standard InChI is InChI=1S/C27H30N2O3/c1-27(2,3)32-26(31)29-18-23(16-20-13-14-21-11-7-8-12-22(21)15-20)28-25(30)24(29)17-19-9-5-4-6-10-19/h4-15,23-24H,16-18H2,1-3H3,(H,28,30)/t23-,24+/m1/s1. The van der Waals surface area contributed by atoms with E-state index < -0.39 is 17.7 Å². The normalized spacial score (nSPS) is 19.0. The lowest BCUT2D eigenvalue weighted by molar-refractivity contribution is -0.130. The number of carbonyl (C=O) groups excluding carboxylic acids is 2. The molecule has 3 aromatic carbocycles. The van der Waals surface area contributed by atoms with Gasteiger partial charge in [0.25, 0.3) is 0 Å². The zero-order valence-corrected chi connectivity index (χ0v) is 18.9. The summed E-state index contributed by atoms with van der Waals surface area (Å²) >= 11 is 0. The van der Waals surface area contributed by atoms with Crippen LogP contribution in [0.3, 0.4) is 0 Å². The van der Waals surface area contributed by atoms with Crippen LogP contribution in [0.1, 0.15) is 31.9 Å². The zero-order chi connectivity index (χ0) is 22.7. The molecule has 0 saturated carbocycles. The van der Waals surface area contributed by atoms with Crippen molar-refractivity contribution in [2.75, 3.05) is 6.54 Å². The van der Waals surface area contributed by atoms with Crippen LogP contribution >= 0.6 is 0 Å². The molecule has 0 bridgehead atoms. The third kappa shape index (κ3) is 5.28. The van der Waals surface area contributed by atoms with Gasteiger partial charge in [-0.2, -0.15) is 0 Å². The molecular formula is C27H30N2O3. The lowest BCUT2D eigenvalue weighted by Crippen LogP contribution is -2.63. The molecule has 0 spiro atoms. The van der Waals surface area contributed by atoms with E-state index in [0.29, 0.717) is 19.4 Å². The van der Waals surface area contributed by atoms with Crippen molar-refractivity contribution in [2.24, 2.45) is 0 Å². The van der Waals surface area contributed by atoms with Gasteiger partial charge in [-0.05, 0) is 49.1 Å². The van der Waals surface area contributed by atoms with Gasteiger partial charge in [0.1, 0.15) is 11.6 Å². The van der Waals surface area contributed by atoms with Gasteiger partial charge in [-0.15, -0.1) is 0 Å². The molecule has 0 unspecified atom stereocenters. The summed E-state index contributed by atoms with van der Waals surface area (Å²) in [4.78, 5) is 27.8. The van der Waals surface area contributed by atoms with Crippen LogP contribution in [0.4, 0.5) is 4.79 Å². The highest BCUT2D eigenvalue weighted by Crippen LogP contribution is 2.22. The summed E-state index contributed by atoms with van der Waals surface area (Å²) in [6, 6.07) is 23.5. The molecule has 1 fully saturated rings. The summed E-state index contributed by atoms with van der Waals surface area (Å²) in [6.07, 6.45) is 0.652. The van der Waals surface area contributed by atoms with Gasteiger partial charge in [0.05, 0.1) is 6.04 Å². The molecule has 5 heteroatoms. The molecule has 166 valence electrons. The lowest BCUT2D eigenvalue weighted by atomic mass is 9.96. The average molecular weight is 431 g/mol. The number of amides is 2. The highest BCUT2D eigenvalue weighted by atomic mass is 16.6. The molecule has 1 heterocycles. The minimum absolute atomic E-state index is 0.142. The van der Waals surface area contributed by atoms with E-state index in [4.69, 9.17) is 4.74 Å². The van der Waals surface area contributed by atoms with Crippen molar-refractivity contribution in [3.8, 4) is 0 Å². The average Bonchev–Trinajstić information content (AvgIpc) is 2.75. The van der Waals surface area contributed by atoms with Gasteiger partial charge < -0.3 is 10.1 Å². The summed E-state index contributed by atoms with van der Waals surface area (Å²) in [5.74, 6) is -0.142. The Bertz CT molecular complexity index is 1100. The molecule has 0 aromatic heterocycles. The van der Waals surface area contributed by atoms with Crippen molar-refractivity contribution in [1.82, 2.24) is 10.2 Å². The highest BCUT2D eigenvalue weighted by Gasteiger charge is 2.39. The van der Waals surface area contributed by atoms with E-state index in [0.717, 1.165) is 16.5 Å². The Balaban J connectivity index is 1.55. The number of piperazine rings is 1. The Morgan fingerprint density at radius 1 is 0.938 bits per heavy atom. The molecule has 2 atom stereocenters. The number of rotatable bonds is 4. The topological polar surface area (TPSA) is 58.6 Å². The third-order valence-electron chi connectivity index (χ3n) is 5.64. The minimum Gasteiger partial charge on any atom is -0.444 e. The maximum Gasteiger partial charge on any atom is 0.411 e. The summed E-state index contributed by atoms with van der Waals surface area (Å²) < 4.78 is 5.66. The molecule has 4 rings (SSSR count). The Hall–Kier alpha value is -3.34. The van der Waals surface area contributed by atoms with Crippen LogP contribution in [-0.2, 0) is 22.4 Å². The van der Waals surface area contributed by atoms with Crippen molar-refractivity contribution in [3.05, 3.63) is 83.9 Å². The lowest BCUT2D eigenvalue weighted by Gasteiger charge is -2.40. The molecule has 1 N–H and O–H groups in total. The number of benzene rings is 3. The van der Waals surface area contributed by atoms with Crippen LogP contribution in [-0.4, -0.2) is 41.1 Å². The van der Waals surface area contributed by atoms with E-state index in [-0.39, 0.29) is 11.9 Å². The van der Waals surface area contributed by atoms with E-state index in [2.05, 4.69) is 35.6 Å². The summed E-state index contributed by atoms with van der Waals surface area (Å²) in [7, 11) is 0. The smallest absolute Gasteiger partial charge is 0.411 e. The van der Waals surface area contributed by atoms with Crippen molar-refractivity contribution in [3.63, 3.8) is 0 Å². The molecule has 1 aliphatic heterocycles. The first kappa shape index (κ1) is 21.9. The predicted molar refractivity (Wildman–Crippen MR) is 126 cm³/mol. The van der Waals surface area contributed by atoms with Crippen LogP contribution in [0, 0.1) is 0 Å². The van der Waals surface area contributed by atoms with Crippen LogP contribution < -0.4 is 5.32 Å². The first-order valence-corrected chi connectivity index (χ1v) is 11.1. The SMILES string of the molecule is CC(C)(C)OC(=O)N1C[C@@H](Cc2ccc3ccccc3c2)NC(=O)[C@@H]1Cc1ccccc1. The Kier molecular flexibility index (Phi) is 6.17. The molecule has 1 saturated heterocycles. The molecule has 2 amide bonds. The minimum atomic E-state index is -0.629. The van der Waals surface area contributed by atoms with Gasteiger partial charge in [-0.3, -0.25) is 9.69 Å². The third-order valence-corrected chi connectivity index (χ3v) is 5.64. The number of nitrogens with zero attached hydrogens (tertiary/aromatic N) is 1. The Morgan fingerprint density at radius 2 is 1.62 bits per heavy atom. The Labute approximate surface area is 189 Å². The number of carbonyl (C=O) groups is 2. The zero-order valence-electron chi connectivity index (χ0n) is 18.9. The molecule has 0 aliphatic carbocycles. The number of ether oxygens (including phenoxy) is 1. The van der Waals surface area contributed by atoms with Crippen LogP contribution in [0.5, 0.6) is 0 Å². The molecule has 5 nitrogen and oxygen atoms in total. The van der Waals surface area contributed by atoms with Crippen LogP contribution in [0.2, 0.25) is 0 Å². The van der Waals surface area contributed by atoms with Crippen LogP contribution in [0.15, 0.2) is 72.8 Å². The first-order valence-electron chi connectivity index (χ1n) is 11.1. The molecule has 0 radical (unpaired) electrons. The number of nitrogens with one attached hydrogen (secondary N) is 1. The fourth-order valence-corrected chi connectivity index (χ4v) is 4.18. The first-order chi connectivity index (χ1) is 15.3. The van der Waals surface area contributed by atoms with Gasteiger partial charge >= 0.3 is 6.09 Å². The second kappa shape index (κ2) is 9.03. The maximum absolute atomic E-state index is 13.1. The molecule has 32 heavy (non-hydrogen) atoms. The quantitative estimate of drug-likeness (QED) is 0.651. The number of fused-ring (bicyclic) bond motifs is 1. The number of hydrogen-bond donors (Lipinski definition) is 1. The van der Waals surface area contributed by atoms with E-state index >= 15 is 0 Å². The predicted octanol–water partition coefficient (Wildman–Crippen LogP) is 4.73. The van der Waals surface area contributed by atoms with Gasteiger partial charge in [0.15, 0.2) is 0 Å². The van der Waals surface area contributed by atoms with E-state index in [1.54, 1.807) is 4.90 Å². The second-order valence-electron chi connectivity index (χ2n) is 9.43. The number of hydrogen-bond acceptors (Lipinski definition) is 3. The van der Waals surface area contributed by atoms with E-state index in [9.17, 15) is 9.59 Å². The Morgan fingerprint density at radius 3 is 2.34 bits per heavy atom. The monoisotopic (exact) mass is 430 g/mol. The van der Waals surface area contributed by atoms with Gasteiger partial charge in [0.2, 0.25) is 5.91 Å². The van der Waals surface area contributed by atoms with Crippen LogP contribution in [0.25, 0.3) is 10.8 Å². The summed E-state index contributed by atoms with van der Waals surface area (Å²) in [5, 5.41) is 5.49.